The second kappa shape index (κ2) is 6.01. The lowest BCUT2D eigenvalue weighted by Gasteiger charge is -2.15. The Morgan fingerprint density at radius 3 is 2.37 bits per heavy atom. The van der Waals surface area contributed by atoms with Gasteiger partial charge >= 0.3 is 0 Å². The molecule has 2 N–H and O–H groups in total. The summed E-state index contributed by atoms with van der Waals surface area (Å²) in [6.07, 6.45) is 0. The van der Waals surface area contributed by atoms with Gasteiger partial charge in [-0.15, -0.1) is 0 Å². The van der Waals surface area contributed by atoms with Crippen LogP contribution in [0.15, 0.2) is 63.0 Å². The fourth-order valence-corrected chi connectivity index (χ4v) is 5.25. The van der Waals surface area contributed by atoms with Crippen molar-refractivity contribution < 1.29 is 13.0 Å². The summed E-state index contributed by atoms with van der Waals surface area (Å²) in [4.78, 5) is 29.1. The molecule has 0 fully saturated rings. The molecule has 5 aromatic rings. The SMILES string of the molecule is Cc1cccc2[nH]c3cc4c(=O)c5ccccc5n(C)c4c(S(=O)(=O)O)c3c(=O)c12. The third-order valence-corrected chi connectivity index (χ3v) is 6.51. The molecule has 150 valence electrons. The number of aryl methyl sites for hydroxylation is 2. The average Bonchev–Trinajstić information content (AvgIpc) is 2.70. The van der Waals surface area contributed by atoms with E-state index in [0.717, 1.165) is 0 Å². The molecule has 0 radical (unpaired) electrons. The van der Waals surface area contributed by atoms with Gasteiger partial charge in [0.05, 0.1) is 27.5 Å². The summed E-state index contributed by atoms with van der Waals surface area (Å²) in [6.45, 7) is 1.75. The van der Waals surface area contributed by atoms with E-state index in [-0.39, 0.29) is 27.2 Å². The molecule has 2 aromatic heterocycles. The van der Waals surface area contributed by atoms with Crippen molar-refractivity contribution in [2.75, 3.05) is 0 Å². The Morgan fingerprint density at radius 2 is 1.63 bits per heavy atom. The number of benzene rings is 3. The standard InChI is InChI=1S/C22H16N2O5S/c1-11-6-5-8-14-17(11)21(26)18-15(23-14)10-13-19(22(18)30(27,28)29)24(2)16-9-4-3-7-12(16)20(13)25/h3-10H,1-2H3,(H,23,26)(H,27,28,29). The van der Waals surface area contributed by atoms with E-state index in [1.54, 1.807) is 56.4 Å². The van der Waals surface area contributed by atoms with Gasteiger partial charge in [-0.2, -0.15) is 8.42 Å². The summed E-state index contributed by atoms with van der Waals surface area (Å²) in [5, 5.41) is 0.670. The zero-order valence-corrected chi connectivity index (χ0v) is 16.9. The topological polar surface area (TPSA) is 109 Å². The van der Waals surface area contributed by atoms with Crippen LogP contribution in [0.3, 0.4) is 0 Å². The molecule has 0 saturated heterocycles. The molecule has 8 heteroatoms. The first-order chi connectivity index (χ1) is 14.2. The molecule has 0 amide bonds. The van der Waals surface area contributed by atoms with Crippen LogP contribution in [0.1, 0.15) is 5.56 Å². The van der Waals surface area contributed by atoms with E-state index in [0.29, 0.717) is 27.4 Å². The average molecular weight is 420 g/mol. The molecule has 0 aliphatic carbocycles. The molecule has 0 spiro atoms. The maximum atomic E-state index is 13.4. The normalized spacial score (nSPS) is 12.4. The van der Waals surface area contributed by atoms with Crippen molar-refractivity contribution in [1.29, 1.82) is 0 Å². The van der Waals surface area contributed by atoms with Gasteiger partial charge in [0.15, 0.2) is 10.9 Å². The number of hydrogen-bond acceptors (Lipinski definition) is 4. The second-order valence-electron chi connectivity index (χ2n) is 7.36. The van der Waals surface area contributed by atoms with Gasteiger partial charge in [0.2, 0.25) is 0 Å². The van der Waals surface area contributed by atoms with Gasteiger partial charge in [0.25, 0.3) is 10.1 Å². The van der Waals surface area contributed by atoms with E-state index in [9.17, 15) is 22.6 Å². The highest BCUT2D eigenvalue weighted by molar-refractivity contribution is 7.86. The Labute approximate surface area is 169 Å². The van der Waals surface area contributed by atoms with Crippen molar-refractivity contribution in [2.45, 2.75) is 11.8 Å². The highest BCUT2D eigenvalue weighted by Crippen LogP contribution is 2.31. The van der Waals surface area contributed by atoms with E-state index in [2.05, 4.69) is 4.98 Å². The van der Waals surface area contributed by atoms with Crippen molar-refractivity contribution in [3.63, 3.8) is 0 Å². The number of rotatable bonds is 1. The van der Waals surface area contributed by atoms with E-state index in [1.807, 2.05) is 0 Å². The van der Waals surface area contributed by atoms with Crippen LogP contribution in [0.25, 0.3) is 43.6 Å². The number of aromatic amines is 1. The molecule has 3 aromatic carbocycles. The highest BCUT2D eigenvalue weighted by atomic mass is 32.2. The first-order valence-electron chi connectivity index (χ1n) is 9.17. The lowest BCUT2D eigenvalue weighted by Crippen LogP contribution is -2.17. The van der Waals surface area contributed by atoms with Crippen LogP contribution >= 0.6 is 0 Å². The van der Waals surface area contributed by atoms with Crippen molar-refractivity contribution in [2.24, 2.45) is 7.05 Å². The number of H-pyrrole nitrogens is 1. The largest absolute Gasteiger partial charge is 0.354 e. The van der Waals surface area contributed by atoms with Crippen LogP contribution in [0.5, 0.6) is 0 Å². The number of nitrogens with zero attached hydrogens (tertiary/aromatic N) is 1. The number of nitrogens with one attached hydrogen (secondary N) is 1. The van der Waals surface area contributed by atoms with Gasteiger partial charge < -0.3 is 9.55 Å². The predicted molar refractivity (Wildman–Crippen MR) is 117 cm³/mol. The van der Waals surface area contributed by atoms with Gasteiger partial charge in [-0.3, -0.25) is 14.1 Å². The quantitative estimate of drug-likeness (QED) is 0.320. The van der Waals surface area contributed by atoms with E-state index in [1.165, 1.54) is 10.6 Å². The Bertz CT molecular complexity index is 1780. The van der Waals surface area contributed by atoms with E-state index in [4.69, 9.17) is 0 Å². The molecule has 0 aliphatic heterocycles. The molecule has 2 heterocycles. The van der Waals surface area contributed by atoms with Crippen molar-refractivity contribution in [3.05, 3.63) is 74.5 Å². The summed E-state index contributed by atoms with van der Waals surface area (Å²) < 4.78 is 36.7. The number of pyridine rings is 2. The maximum Gasteiger partial charge on any atom is 0.297 e. The summed E-state index contributed by atoms with van der Waals surface area (Å²) in [5.74, 6) is 0. The molecule has 30 heavy (non-hydrogen) atoms. The van der Waals surface area contributed by atoms with E-state index >= 15 is 0 Å². The smallest absolute Gasteiger partial charge is 0.297 e. The fraction of sp³-hybridized carbons (Fsp3) is 0.0909. The number of fused-ring (bicyclic) bond motifs is 4. The third-order valence-electron chi connectivity index (χ3n) is 5.60. The van der Waals surface area contributed by atoms with Crippen LogP contribution in [-0.4, -0.2) is 22.5 Å². The minimum Gasteiger partial charge on any atom is -0.354 e. The lowest BCUT2D eigenvalue weighted by molar-refractivity contribution is 0.484. The molecule has 5 rings (SSSR count). The summed E-state index contributed by atoms with van der Waals surface area (Å²) in [7, 11) is -3.25. The van der Waals surface area contributed by atoms with Crippen LogP contribution in [-0.2, 0) is 17.2 Å². The predicted octanol–water partition coefficient (Wildman–Crippen LogP) is 3.24. The Hall–Kier alpha value is -3.49. The summed E-state index contributed by atoms with van der Waals surface area (Å²) in [5.41, 5.74) is 0.947. The minimum absolute atomic E-state index is 0.00728. The monoisotopic (exact) mass is 420 g/mol. The minimum atomic E-state index is -4.85. The molecule has 0 bridgehead atoms. The Kier molecular flexibility index (Phi) is 3.71. The Balaban J connectivity index is 2.24. The number of para-hydroxylation sites is 1. The van der Waals surface area contributed by atoms with Crippen molar-refractivity contribution in [1.82, 2.24) is 9.55 Å². The van der Waals surface area contributed by atoms with Crippen LogP contribution < -0.4 is 10.9 Å². The molecule has 7 nitrogen and oxygen atoms in total. The van der Waals surface area contributed by atoms with Gasteiger partial charge in [0, 0.05) is 23.2 Å². The second-order valence-corrected chi connectivity index (χ2v) is 8.71. The van der Waals surface area contributed by atoms with Crippen LogP contribution in [0.2, 0.25) is 0 Å². The summed E-state index contributed by atoms with van der Waals surface area (Å²) in [6, 6.07) is 13.5. The lowest BCUT2D eigenvalue weighted by atomic mass is 10.0. The number of hydrogen-bond donors (Lipinski definition) is 2. The van der Waals surface area contributed by atoms with Crippen LogP contribution in [0.4, 0.5) is 0 Å². The zero-order chi connectivity index (χ0) is 21.4. The third kappa shape index (κ3) is 2.38. The molecule has 0 unspecified atom stereocenters. The first-order valence-corrected chi connectivity index (χ1v) is 10.6. The van der Waals surface area contributed by atoms with Gasteiger partial charge in [0.1, 0.15) is 4.90 Å². The first kappa shape index (κ1) is 18.5. The van der Waals surface area contributed by atoms with Gasteiger partial charge in [-0.1, -0.05) is 24.3 Å². The maximum absolute atomic E-state index is 13.4. The molecule has 0 saturated carbocycles. The highest BCUT2D eigenvalue weighted by Gasteiger charge is 2.26. The molecule has 0 atom stereocenters. The number of aromatic nitrogens is 2. The summed E-state index contributed by atoms with van der Waals surface area (Å²) >= 11 is 0. The molecular weight excluding hydrogens is 404 g/mol. The van der Waals surface area contributed by atoms with Crippen LogP contribution in [0, 0.1) is 6.92 Å². The molecular formula is C22H16N2O5S. The zero-order valence-electron chi connectivity index (χ0n) is 16.1. The van der Waals surface area contributed by atoms with Crippen molar-refractivity contribution in [3.8, 4) is 0 Å². The van der Waals surface area contributed by atoms with Gasteiger partial charge in [-0.05, 0) is 36.8 Å². The van der Waals surface area contributed by atoms with Gasteiger partial charge in [-0.25, -0.2) is 0 Å². The fourth-order valence-electron chi connectivity index (χ4n) is 4.30. The molecule has 0 aliphatic rings. The Morgan fingerprint density at radius 1 is 0.900 bits per heavy atom. The van der Waals surface area contributed by atoms with Crippen molar-refractivity contribution >= 4 is 53.7 Å². The van der Waals surface area contributed by atoms with E-state index < -0.39 is 20.4 Å².